The van der Waals surface area contributed by atoms with E-state index in [9.17, 15) is 18.1 Å². The quantitative estimate of drug-likeness (QED) is 0.404. The molecule has 0 saturated carbocycles. The van der Waals surface area contributed by atoms with Crippen LogP contribution in [0.5, 0.6) is 5.75 Å². The Hall–Kier alpha value is -1.42. The topological polar surface area (TPSA) is 119 Å². The van der Waals surface area contributed by atoms with Crippen molar-refractivity contribution >= 4 is 42.6 Å². The highest BCUT2D eigenvalue weighted by molar-refractivity contribution is 9.10. The molecular weight excluding hydrogens is 362 g/mol. The van der Waals surface area contributed by atoms with Crippen LogP contribution < -0.4 is 15.6 Å². The minimum atomic E-state index is -4.58. The lowest BCUT2D eigenvalue weighted by Gasteiger charge is -2.12. The number of phenols is 1. The lowest BCUT2D eigenvalue weighted by Crippen LogP contribution is -2.30. The molecule has 2 aromatic rings. The number of pyridine rings is 1. The number of phenolic OH excluding ortho intramolecular Hbond substituents is 1. The van der Waals surface area contributed by atoms with Crippen LogP contribution in [0, 0.1) is 0 Å². The van der Waals surface area contributed by atoms with Crippen LogP contribution in [0.4, 0.5) is 5.69 Å². The lowest BCUT2D eigenvalue weighted by atomic mass is 10.1. The molecule has 9 heteroatoms. The molecular formula is C12H14BrN3O4S. The van der Waals surface area contributed by atoms with E-state index in [2.05, 4.69) is 21.2 Å². The fourth-order valence-corrected chi connectivity index (χ4v) is 3.07. The van der Waals surface area contributed by atoms with Gasteiger partial charge in [-0.1, -0.05) is 0 Å². The summed E-state index contributed by atoms with van der Waals surface area (Å²) in [5.74, 6) is -0.0728. The van der Waals surface area contributed by atoms with E-state index in [1.165, 1.54) is 16.8 Å². The first-order chi connectivity index (χ1) is 9.75. The van der Waals surface area contributed by atoms with Crippen molar-refractivity contribution in [3.8, 4) is 5.75 Å². The van der Waals surface area contributed by atoms with Crippen molar-refractivity contribution in [2.24, 2.45) is 12.8 Å². The third kappa shape index (κ3) is 3.10. The SMILES string of the molecule is C[n+]1cc(S(=O)(=O)[O-])cc2c(Br)c(O)c(NCCN)cc21. The second-order valence-electron chi connectivity index (χ2n) is 4.48. The van der Waals surface area contributed by atoms with Gasteiger partial charge >= 0.3 is 0 Å². The third-order valence-electron chi connectivity index (χ3n) is 2.99. The van der Waals surface area contributed by atoms with Gasteiger partial charge in [-0.2, -0.15) is 4.57 Å². The van der Waals surface area contributed by atoms with Crippen molar-refractivity contribution in [3.05, 3.63) is 22.8 Å². The number of halogens is 1. The first kappa shape index (κ1) is 16.0. The summed E-state index contributed by atoms with van der Waals surface area (Å²) in [7, 11) is -2.96. The zero-order chi connectivity index (χ0) is 15.8. The van der Waals surface area contributed by atoms with E-state index >= 15 is 0 Å². The van der Waals surface area contributed by atoms with Crippen LogP contribution in [0.1, 0.15) is 0 Å². The molecule has 2 rings (SSSR count). The van der Waals surface area contributed by atoms with Gasteiger partial charge in [-0.25, -0.2) is 8.42 Å². The van der Waals surface area contributed by atoms with Crippen molar-refractivity contribution in [2.75, 3.05) is 18.4 Å². The summed E-state index contributed by atoms with van der Waals surface area (Å²) < 4.78 is 35.3. The Bertz CT molecular complexity index is 808. The van der Waals surface area contributed by atoms with Crippen LogP contribution in [0.2, 0.25) is 0 Å². The normalized spacial score (nSPS) is 11.8. The van der Waals surface area contributed by atoms with E-state index in [4.69, 9.17) is 5.73 Å². The van der Waals surface area contributed by atoms with Gasteiger partial charge in [-0.3, -0.25) is 0 Å². The van der Waals surface area contributed by atoms with Crippen molar-refractivity contribution in [2.45, 2.75) is 4.90 Å². The van der Waals surface area contributed by atoms with Gasteiger partial charge in [0.1, 0.15) is 22.1 Å². The second-order valence-corrected chi connectivity index (χ2v) is 6.65. The first-order valence-corrected chi connectivity index (χ1v) is 8.20. The standard InChI is InChI=1S/C12H14BrN3O4S/c1-16-6-7(21(18,19)20)4-8-10(16)5-9(15-3-2-14)12(17)11(8)13/h4-6H,2-3,14H2,1H3,(H2,17,18,19,20). The molecule has 1 aromatic heterocycles. The summed E-state index contributed by atoms with van der Waals surface area (Å²) >= 11 is 3.23. The number of nitrogens with zero attached hydrogens (tertiary/aromatic N) is 1. The fraction of sp³-hybridized carbons (Fsp3) is 0.250. The monoisotopic (exact) mass is 375 g/mol. The Morgan fingerprint density at radius 3 is 2.71 bits per heavy atom. The number of nitrogens with two attached hydrogens (primary N) is 1. The first-order valence-electron chi connectivity index (χ1n) is 6.00. The lowest BCUT2D eigenvalue weighted by molar-refractivity contribution is -0.646. The number of aromatic nitrogens is 1. The fourth-order valence-electron chi connectivity index (χ4n) is 1.99. The predicted molar refractivity (Wildman–Crippen MR) is 80.0 cm³/mol. The molecule has 1 heterocycles. The Morgan fingerprint density at radius 2 is 2.14 bits per heavy atom. The van der Waals surface area contributed by atoms with E-state index in [1.54, 1.807) is 13.1 Å². The number of benzene rings is 1. The van der Waals surface area contributed by atoms with E-state index in [1.807, 2.05) is 0 Å². The number of rotatable bonds is 4. The predicted octanol–water partition coefficient (Wildman–Crippen LogP) is 0.407. The molecule has 1 aromatic carbocycles. The summed E-state index contributed by atoms with van der Waals surface area (Å²) in [6.07, 6.45) is 1.24. The number of hydrogen-bond acceptors (Lipinski definition) is 6. The van der Waals surface area contributed by atoms with E-state index in [0.717, 1.165) is 0 Å². The largest absolute Gasteiger partial charge is 0.744 e. The Balaban J connectivity index is 2.75. The van der Waals surface area contributed by atoms with Gasteiger partial charge in [0.05, 0.1) is 15.5 Å². The zero-order valence-electron chi connectivity index (χ0n) is 11.1. The molecule has 0 aliphatic heterocycles. The van der Waals surface area contributed by atoms with Gasteiger partial charge in [-0.05, 0) is 22.0 Å². The molecule has 21 heavy (non-hydrogen) atoms. The summed E-state index contributed by atoms with van der Waals surface area (Å²) in [6.45, 7) is 0.872. The molecule has 114 valence electrons. The molecule has 0 amide bonds. The number of hydrogen-bond donors (Lipinski definition) is 3. The van der Waals surface area contributed by atoms with Gasteiger partial charge in [0, 0.05) is 19.2 Å². The zero-order valence-corrected chi connectivity index (χ0v) is 13.5. The Labute approximate surface area is 130 Å². The van der Waals surface area contributed by atoms with Crippen LogP contribution in [-0.4, -0.2) is 31.2 Å². The molecule has 0 fully saturated rings. The van der Waals surface area contributed by atoms with E-state index in [0.29, 0.717) is 34.2 Å². The summed E-state index contributed by atoms with van der Waals surface area (Å²) in [5.41, 5.74) is 6.52. The average molecular weight is 376 g/mol. The Kier molecular flexibility index (Phi) is 4.38. The molecule has 0 aliphatic rings. The van der Waals surface area contributed by atoms with Crippen LogP contribution in [0.15, 0.2) is 27.7 Å². The van der Waals surface area contributed by atoms with Gasteiger partial charge < -0.3 is 20.7 Å². The molecule has 0 saturated heterocycles. The van der Waals surface area contributed by atoms with Gasteiger partial charge in [0.25, 0.3) is 0 Å². The van der Waals surface area contributed by atoms with Crippen LogP contribution in [0.3, 0.4) is 0 Å². The van der Waals surface area contributed by atoms with E-state index < -0.39 is 10.1 Å². The van der Waals surface area contributed by atoms with Crippen LogP contribution in [-0.2, 0) is 17.2 Å². The summed E-state index contributed by atoms with van der Waals surface area (Å²) in [5, 5.41) is 13.5. The molecule has 0 unspecified atom stereocenters. The number of anilines is 1. The number of fused-ring (bicyclic) bond motifs is 1. The summed E-state index contributed by atoms with van der Waals surface area (Å²) in [6, 6.07) is 2.89. The average Bonchev–Trinajstić information content (AvgIpc) is 2.40. The van der Waals surface area contributed by atoms with Crippen molar-refractivity contribution in [3.63, 3.8) is 0 Å². The molecule has 0 spiro atoms. The molecule has 4 N–H and O–H groups in total. The van der Waals surface area contributed by atoms with Gasteiger partial charge in [0.15, 0.2) is 11.9 Å². The third-order valence-corrected chi connectivity index (χ3v) is 4.60. The van der Waals surface area contributed by atoms with Crippen LogP contribution in [0.25, 0.3) is 10.9 Å². The number of nitrogens with one attached hydrogen (secondary N) is 1. The van der Waals surface area contributed by atoms with Crippen molar-refractivity contribution in [1.29, 1.82) is 0 Å². The van der Waals surface area contributed by atoms with Crippen LogP contribution >= 0.6 is 15.9 Å². The molecule has 0 atom stereocenters. The second kappa shape index (κ2) is 5.76. The highest BCUT2D eigenvalue weighted by Crippen LogP contribution is 2.38. The Morgan fingerprint density at radius 1 is 1.48 bits per heavy atom. The molecule has 0 aliphatic carbocycles. The van der Waals surface area contributed by atoms with Crippen molar-refractivity contribution in [1.82, 2.24) is 0 Å². The molecule has 0 bridgehead atoms. The smallest absolute Gasteiger partial charge is 0.215 e. The van der Waals surface area contributed by atoms with Gasteiger partial charge in [0.2, 0.25) is 5.52 Å². The molecule has 0 radical (unpaired) electrons. The van der Waals surface area contributed by atoms with Gasteiger partial charge in [-0.15, -0.1) is 0 Å². The van der Waals surface area contributed by atoms with E-state index in [-0.39, 0.29) is 10.6 Å². The highest BCUT2D eigenvalue weighted by atomic mass is 79.9. The minimum Gasteiger partial charge on any atom is -0.744 e. The number of aryl methyl sites for hydroxylation is 1. The van der Waals surface area contributed by atoms with Crippen molar-refractivity contribution < 1.29 is 22.6 Å². The maximum Gasteiger partial charge on any atom is 0.215 e. The highest BCUT2D eigenvalue weighted by Gasteiger charge is 2.19. The molecule has 7 nitrogen and oxygen atoms in total. The number of aromatic hydroxyl groups is 1. The minimum absolute atomic E-state index is 0.0728. The maximum atomic E-state index is 11.2. The summed E-state index contributed by atoms with van der Waals surface area (Å²) in [4.78, 5) is -0.361. The maximum absolute atomic E-state index is 11.2.